The van der Waals surface area contributed by atoms with E-state index in [1.807, 2.05) is 24.3 Å². The fraction of sp³-hybridized carbons (Fsp3) is 0.316. The maximum absolute atomic E-state index is 13.8. The number of rotatable bonds is 2. The molecular weight excluding hydrogens is 346 g/mol. The van der Waals surface area contributed by atoms with Crippen LogP contribution in [0.1, 0.15) is 30.7 Å². The third kappa shape index (κ3) is 4.28. The lowest BCUT2D eigenvalue weighted by Gasteiger charge is -2.25. The van der Waals surface area contributed by atoms with E-state index in [4.69, 9.17) is 11.6 Å². The summed E-state index contributed by atoms with van der Waals surface area (Å²) < 4.78 is 27.5. The number of carbonyl (C=O) groups excluding carboxylic acids is 1. The molecule has 0 saturated carbocycles. The average Bonchev–Trinajstić information content (AvgIpc) is 2.85. The van der Waals surface area contributed by atoms with Gasteiger partial charge in [-0.25, -0.2) is 13.6 Å². The molecule has 6 heteroatoms. The van der Waals surface area contributed by atoms with Gasteiger partial charge in [-0.2, -0.15) is 0 Å². The van der Waals surface area contributed by atoms with Crippen molar-refractivity contribution in [2.45, 2.75) is 25.2 Å². The minimum Gasteiger partial charge on any atom is -0.324 e. The highest BCUT2D eigenvalue weighted by Crippen LogP contribution is 2.28. The number of nitrogens with zero attached hydrogens (tertiary/aromatic N) is 1. The quantitative estimate of drug-likeness (QED) is 0.758. The number of halogens is 3. The number of hydrogen-bond donors (Lipinski definition) is 1. The lowest BCUT2D eigenvalue weighted by Crippen LogP contribution is -2.37. The standard InChI is InChI=1S/C19H19ClF2N2O/c20-15-9-7-13(8-10-15)14-4-1-2-11-24(12-14)19(25)23-18-16(21)5-3-6-17(18)22/h3,5-10,14H,1-2,4,11-12H2,(H,23,25)/t14-/m1/s1. The van der Waals surface area contributed by atoms with Gasteiger partial charge in [-0.15, -0.1) is 0 Å². The number of amides is 2. The van der Waals surface area contributed by atoms with Crippen LogP contribution in [0.5, 0.6) is 0 Å². The van der Waals surface area contributed by atoms with E-state index in [1.54, 1.807) is 4.90 Å². The zero-order valence-corrected chi connectivity index (χ0v) is 14.4. The number of hydrogen-bond acceptors (Lipinski definition) is 1. The van der Waals surface area contributed by atoms with E-state index in [2.05, 4.69) is 5.32 Å². The summed E-state index contributed by atoms with van der Waals surface area (Å²) in [5, 5.41) is 3.04. The summed E-state index contributed by atoms with van der Waals surface area (Å²) in [6.45, 7) is 1.07. The first-order valence-corrected chi connectivity index (χ1v) is 8.68. The summed E-state index contributed by atoms with van der Waals surface area (Å²) in [7, 11) is 0. The largest absolute Gasteiger partial charge is 0.324 e. The highest BCUT2D eigenvalue weighted by molar-refractivity contribution is 6.30. The molecule has 2 amide bonds. The van der Waals surface area contributed by atoms with Crippen molar-refractivity contribution < 1.29 is 13.6 Å². The van der Waals surface area contributed by atoms with Crippen LogP contribution in [0, 0.1) is 11.6 Å². The first kappa shape index (κ1) is 17.7. The molecule has 0 aliphatic carbocycles. The van der Waals surface area contributed by atoms with Crippen molar-refractivity contribution in [2.24, 2.45) is 0 Å². The van der Waals surface area contributed by atoms with Gasteiger partial charge in [0.2, 0.25) is 0 Å². The molecule has 0 aromatic heterocycles. The lowest BCUT2D eigenvalue weighted by atomic mass is 9.94. The van der Waals surface area contributed by atoms with Gasteiger partial charge in [-0.05, 0) is 42.7 Å². The van der Waals surface area contributed by atoms with E-state index < -0.39 is 23.4 Å². The smallest absolute Gasteiger partial charge is 0.322 e. The number of nitrogens with one attached hydrogen (secondary N) is 1. The van der Waals surface area contributed by atoms with Crippen LogP contribution < -0.4 is 5.32 Å². The van der Waals surface area contributed by atoms with Gasteiger partial charge in [-0.1, -0.05) is 36.2 Å². The maximum atomic E-state index is 13.8. The third-order valence-corrected chi connectivity index (χ3v) is 4.75. The monoisotopic (exact) mass is 364 g/mol. The molecule has 0 radical (unpaired) electrons. The molecule has 1 saturated heterocycles. The molecule has 1 heterocycles. The number of carbonyl (C=O) groups is 1. The molecule has 0 unspecified atom stereocenters. The number of likely N-dealkylation sites (tertiary alicyclic amines) is 1. The number of anilines is 1. The van der Waals surface area contributed by atoms with Crippen LogP contribution in [0.4, 0.5) is 19.3 Å². The van der Waals surface area contributed by atoms with Gasteiger partial charge >= 0.3 is 6.03 Å². The summed E-state index contributed by atoms with van der Waals surface area (Å²) in [4.78, 5) is 14.1. The summed E-state index contributed by atoms with van der Waals surface area (Å²) in [6.07, 6.45) is 2.81. The van der Waals surface area contributed by atoms with E-state index >= 15 is 0 Å². The van der Waals surface area contributed by atoms with Crippen molar-refractivity contribution in [3.63, 3.8) is 0 Å². The van der Waals surface area contributed by atoms with Crippen LogP contribution >= 0.6 is 11.6 Å². The number of para-hydroxylation sites is 1. The summed E-state index contributed by atoms with van der Waals surface area (Å²) in [6, 6.07) is 10.6. The van der Waals surface area contributed by atoms with Crippen molar-refractivity contribution >= 4 is 23.3 Å². The van der Waals surface area contributed by atoms with Crippen molar-refractivity contribution in [1.29, 1.82) is 0 Å². The SMILES string of the molecule is O=C(Nc1c(F)cccc1F)N1CCCC[C@@H](c2ccc(Cl)cc2)C1. The number of urea groups is 1. The van der Waals surface area contributed by atoms with Crippen molar-refractivity contribution in [3.8, 4) is 0 Å². The molecule has 132 valence electrons. The normalized spacial score (nSPS) is 17.9. The van der Waals surface area contributed by atoms with Crippen LogP contribution in [-0.4, -0.2) is 24.0 Å². The Bertz CT molecular complexity index is 731. The first-order chi connectivity index (χ1) is 12.0. The van der Waals surface area contributed by atoms with Gasteiger partial charge in [0.25, 0.3) is 0 Å². The van der Waals surface area contributed by atoms with Gasteiger partial charge in [0.05, 0.1) is 0 Å². The zero-order chi connectivity index (χ0) is 17.8. The van der Waals surface area contributed by atoms with E-state index in [1.165, 1.54) is 6.07 Å². The minimum absolute atomic E-state index is 0.177. The molecule has 1 aliphatic rings. The Hall–Kier alpha value is -2.14. The van der Waals surface area contributed by atoms with E-state index in [0.29, 0.717) is 18.1 Å². The molecular formula is C19H19ClF2N2O. The summed E-state index contributed by atoms with van der Waals surface area (Å²) in [5.74, 6) is -1.38. The molecule has 1 fully saturated rings. The summed E-state index contributed by atoms with van der Waals surface area (Å²) >= 11 is 5.94. The Kier molecular flexibility index (Phi) is 5.53. The fourth-order valence-corrected chi connectivity index (χ4v) is 3.26. The van der Waals surface area contributed by atoms with Gasteiger partial charge in [0, 0.05) is 24.0 Å². The molecule has 3 rings (SSSR count). The van der Waals surface area contributed by atoms with Crippen LogP contribution in [-0.2, 0) is 0 Å². The van der Waals surface area contributed by atoms with Crippen LogP contribution in [0.3, 0.4) is 0 Å². The van der Waals surface area contributed by atoms with E-state index in [0.717, 1.165) is 37.0 Å². The molecule has 2 aromatic carbocycles. The van der Waals surface area contributed by atoms with Crippen LogP contribution in [0.2, 0.25) is 5.02 Å². The van der Waals surface area contributed by atoms with Gasteiger partial charge in [0.15, 0.2) is 0 Å². The predicted molar refractivity (Wildman–Crippen MR) is 95.0 cm³/mol. The second kappa shape index (κ2) is 7.83. The lowest BCUT2D eigenvalue weighted by molar-refractivity contribution is 0.211. The van der Waals surface area contributed by atoms with Crippen LogP contribution in [0.25, 0.3) is 0 Å². The maximum Gasteiger partial charge on any atom is 0.322 e. The van der Waals surface area contributed by atoms with E-state index in [-0.39, 0.29) is 5.92 Å². The molecule has 0 bridgehead atoms. The molecule has 1 N–H and O–H groups in total. The second-order valence-electron chi connectivity index (χ2n) is 6.22. The van der Waals surface area contributed by atoms with Gasteiger partial charge < -0.3 is 10.2 Å². The Balaban J connectivity index is 1.74. The zero-order valence-electron chi connectivity index (χ0n) is 13.6. The Morgan fingerprint density at radius 1 is 1.08 bits per heavy atom. The van der Waals surface area contributed by atoms with Crippen molar-refractivity contribution in [1.82, 2.24) is 4.90 Å². The predicted octanol–water partition coefficient (Wildman–Crippen LogP) is 5.42. The molecule has 2 aromatic rings. The minimum atomic E-state index is -0.780. The Morgan fingerprint density at radius 2 is 1.76 bits per heavy atom. The average molecular weight is 365 g/mol. The molecule has 1 aliphatic heterocycles. The Morgan fingerprint density at radius 3 is 2.44 bits per heavy atom. The highest BCUT2D eigenvalue weighted by Gasteiger charge is 2.24. The highest BCUT2D eigenvalue weighted by atomic mass is 35.5. The van der Waals surface area contributed by atoms with Crippen LogP contribution in [0.15, 0.2) is 42.5 Å². The third-order valence-electron chi connectivity index (χ3n) is 4.49. The first-order valence-electron chi connectivity index (χ1n) is 8.30. The molecule has 25 heavy (non-hydrogen) atoms. The van der Waals surface area contributed by atoms with Gasteiger partial charge in [-0.3, -0.25) is 0 Å². The topological polar surface area (TPSA) is 32.3 Å². The van der Waals surface area contributed by atoms with E-state index in [9.17, 15) is 13.6 Å². The van der Waals surface area contributed by atoms with Crippen molar-refractivity contribution in [2.75, 3.05) is 18.4 Å². The molecule has 3 nitrogen and oxygen atoms in total. The van der Waals surface area contributed by atoms with Crippen molar-refractivity contribution in [3.05, 3.63) is 64.7 Å². The van der Waals surface area contributed by atoms with Gasteiger partial charge in [0.1, 0.15) is 17.3 Å². The summed E-state index contributed by atoms with van der Waals surface area (Å²) in [5.41, 5.74) is 0.709. The Labute approximate surface area is 150 Å². The second-order valence-corrected chi connectivity index (χ2v) is 6.65. The fourth-order valence-electron chi connectivity index (χ4n) is 3.14. The molecule has 1 atom stereocenters. The molecule has 0 spiro atoms. The number of benzene rings is 2.